The molecule has 0 aromatic heterocycles. The number of ether oxygens (including phenoxy) is 1. The summed E-state index contributed by atoms with van der Waals surface area (Å²) >= 11 is 0. The average Bonchev–Trinajstić information content (AvgIpc) is 2.52. The summed E-state index contributed by atoms with van der Waals surface area (Å²) in [4.78, 5) is 0. The van der Waals surface area contributed by atoms with Gasteiger partial charge in [0.15, 0.2) is 0 Å². The van der Waals surface area contributed by atoms with Crippen molar-refractivity contribution in [3.63, 3.8) is 0 Å². The summed E-state index contributed by atoms with van der Waals surface area (Å²) < 4.78 is 5.39. The van der Waals surface area contributed by atoms with Gasteiger partial charge in [0, 0.05) is 13.2 Å². The Balaban J connectivity index is 2.65. The van der Waals surface area contributed by atoms with Gasteiger partial charge in [-0.25, -0.2) is 0 Å². The van der Waals surface area contributed by atoms with Crippen LogP contribution in [0.2, 0.25) is 0 Å². The fourth-order valence-corrected chi connectivity index (χ4v) is 2.07. The van der Waals surface area contributed by atoms with E-state index in [1.165, 1.54) is 0 Å². The Morgan fingerprint density at radius 2 is 1.92 bits per heavy atom. The molecule has 0 spiro atoms. The van der Waals surface area contributed by atoms with Gasteiger partial charge in [-0.3, -0.25) is 0 Å². The fraction of sp³-hybridized carbons (Fsp3) is 1.00. The molecular weight excluding hydrogens is 154 g/mol. The van der Waals surface area contributed by atoms with Crippen molar-refractivity contribution in [2.75, 3.05) is 7.11 Å². The summed E-state index contributed by atoms with van der Waals surface area (Å²) in [6, 6.07) is -0.206. The van der Waals surface area contributed by atoms with Gasteiger partial charge in [0.1, 0.15) is 0 Å². The Bertz CT molecular complexity index is 141. The predicted octanol–water partition coefficient (Wildman–Crippen LogP) is 0.654. The molecule has 1 aliphatic rings. The van der Waals surface area contributed by atoms with Crippen molar-refractivity contribution in [1.29, 1.82) is 0 Å². The van der Waals surface area contributed by atoms with Crippen LogP contribution in [0, 0.1) is 0 Å². The van der Waals surface area contributed by atoms with Crippen molar-refractivity contribution in [3.8, 4) is 0 Å². The van der Waals surface area contributed by atoms with E-state index < -0.39 is 6.10 Å². The van der Waals surface area contributed by atoms with E-state index in [1.807, 2.05) is 6.92 Å². The molecule has 0 aliphatic heterocycles. The van der Waals surface area contributed by atoms with Gasteiger partial charge in [-0.2, -0.15) is 0 Å². The maximum atomic E-state index is 9.83. The highest BCUT2D eigenvalue weighted by molar-refractivity contribution is 4.95. The summed E-state index contributed by atoms with van der Waals surface area (Å²) in [5, 5.41) is 9.83. The Hall–Kier alpha value is -0.120. The van der Waals surface area contributed by atoms with E-state index in [4.69, 9.17) is 10.5 Å². The van der Waals surface area contributed by atoms with E-state index >= 15 is 0 Å². The summed E-state index contributed by atoms with van der Waals surface area (Å²) in [5.74, 6) is 0. The lowest BCUT2D eigenvalue weighted by Gasteiger charge is -2.34. The van der Waals surface area contributed by atoms with E-state index in [-0.39, 0.29) is 11.6 Å². The zero-order chi connectivity index (χ0) is 9.19. The molecule has 3 heteroatoms. The molecule has 12 heavy (non-hydrogen) atoms. The van der Waals surface area contributed by atoms with Crippen LogP contribution in [0.15, 0.2) is 0 Å². The van der Waals surface area contributed by atoms with Crippen molar-refractivity contribution in [2.45, 2.75) is 50.4 Å². The maximum absolute atomic E-state index is 9.83. The van der Waals surface area contributed by atoms with Gasteiger partial charge in [0.25, 0.3) is 0 Å². The van der Waals surface area contributed by atoms with Crippen molar-refractivity contribution in [1.82, 2.24) is 0 Å². The molecular formula is C9H19NO2. The van der Waals surface area contributed by atoms with E-state index in [0.29, 0.717) is 0 Å². The zero-order valence-corrected chi connectivity index (χ0v) is 7.92. The summed E-state index contributed by atoms with van der Waals surface area (Å²) in [6.07, 6.45) is 3.62. The first kappa shape index (κ1) is 9.96. The van der Waals surface area contributed by atoms with Crippen molar-refractivity contribution < 1.29 is 9.84 Å². The second-order valence-corrected chi connectivity index (χ2v) is 3.78. The highest BCUT2D eigenvalue weighted by Crippen LogP contribution is 2.36. The number of hydrogen-bond donors (Lipinski definition) is 2. The molecule has 0 amide bonds. The molecule has 3 nitrogen and oxygen atoms in total. The van der Waals surface area contributed by atoms with Crippen molar-refractivity contribution in [2.24, 2.45) is 5.73 Å². The normalized spacial score (nSPS) is 27.0. The topological polar surface area (TPSA) is 55.5 Å². The minimum atomic E-state index is -0.523. The molecule has 2 unspecified atom stereocenters. The van der Waals surface area contributed by atoms with Gasteiger partial charge >= 0.3 is 0 Å². The lowest BCUT2D eigenvalue weighted by molar-refractivity contribution is -0.104. The predicted molar refractivity (Wildman–Crippen MR) is 47.9 cm³/mol. The molecule has 2 atom stereocenters. The average molecular weight is 173 g/mol. The van der Waals surface area contributed by atoms with Crippen LogP contribution in [0.5, 0.6) is 0 Å². The highest BCUT2D eigenvalue weighted by Gasteiger charge is 2.42. The Morgan fingerprint density at radius 1 is 1.42 bits per heavy atom. The summed E-state index contributed by atoms with van der Waals surface area (Å²) in [5.41, 5.74) is 5.29. The second-order valence-electron chi connectivity index (χ2n) is 3.78. The number of methoxy groups -OCH3 is 1. The number of rotatable bonds is 3. The number of hydrogen-bond acceptors (Lipinski definition) is 3. The first-order valence-electron chi connectivity index (χ1n) is 4.61. The molecule has 0 aromatic carbocycles. The molecule has 3 N–H and O–H groups in total. The van der Waals surface area contributed by atoms with Gasteiger partial charge in [0.2, 0.25) is 0 Å². The van der Waals surface area contributed by atoms with Gasteiger partial charge < -0.3 is 15.6 Å². The first-order chi connectivity index (χ1) is 5.62. The number of nitrogens with two attached hydrogens (primary N) is 1. The molecule has 0 bridgehead atoms. The van der Waals surface area contributed by atoms with Gasteiger partial charge in [-0.05, 0) is 19.8 Å². The van der Waals surface area contributed by atoms with Crippen LogP contribution in [0.1, 0.15) is 32.6 Å². The third kappa shape index (κ3) is 1.63. The van der Waals surface area contributed by atoms with Crippen LogP contribution < -0.4 is 5.73 Å². The number of aliphatic hydroxyl groups is 1. The molecule has 1 aliphatic carbocycles. The van der Waals surface area contributed by atoms with Crippen molar-refractivity contribution in [3.05, 3.63) is 0 Å². The first-order valence-corrected chi connectivity index (χ1v) is 4.61. The minimum absolute atomic E-state index is 0.206. The van der Waals surface area contributed by atoms with Gasteiger partial charge in [0.05, 0.1) is 11.7 Å². The van der Waals surface area contributed by atoms with Crippen LogP contribution in [0.4, 0.5) is 0 Å². The molecule has 1 rings (SSSR count). The molecule has 0 aromatic rings. The quantitative estimate of drug-likeness (QED) is 0.659. The molecule has 1 saturated carbocycles. The Morgan fingerprint density at radius 3 is 2.25 bits per heavy atom. The highest BCUT2D eigenvalue weighted by atomic mass is 16.5. The fourth-order valence-electron chi connectivity index (χ4n) is 2.07. The van der Waals surface area contributed by atoms with Crippen LogP contribution >= 0.6 is 0 Å². The SMILES string of the molecule is COC1(C(O)C(C)N)CCCC1. The third-order valence-corrected chi connectivity index (χ3v) is 2.89. The van der Waals surface area contributed by atoms with Crippen molar-refractivity contribution >= 4 is 0 Å². The maximum Gasteiger partial charge on any atom is 0.0977 e. The Kier molecular flexibility index (Phi) is 3.09. The lowest BCUT2D eigenvalue weighted by atomic mass is 9.90. The van der Waals surface area contributed by atoms with Crippen LogP contribution in [-0.4, -0.2) is 30.0 Å². The van der Waals surface area contributed by atoms with E-state index in [2.05, 4.69) is 0 Å². The van der Waals surface area contributed by atoms with Crippen LogP contribution in [0.25, 0.3) is 0 Å². The smallest absolute Gasteiger partial charge is 0.0977 e. The van der Waals surface area contributed by atoms with E-state index in [9.17, 15) is 5.11 Å². The van der Waals surface area contributed by atoms with Gasteiger partial charge in [-0.15, -0.1) is 0 Å². The molecule has 0 heterocycles. The summed E-state index contributed by atoms with van der Waals surface area (Å²) in [7, 11) is 1.66. The Labute approximate surface area is 73.9 Å². The standard InChI is InChI=1S/C9H19NO2/c1-7(10)8(11)9(12-2)5-3-4-6-9/h7-8,11H,3-6,10H2,1-2H3. The lowest BCUT2D eigenvalue weighted by Crippen LogP contribution is -2.50. The molecule has 72 valence electrons. The van der Waals surface area contributed by atoms with Crippen LogP contribution in [0.3, 0.4) is 0 Å². The van der Waals surface area contributed by atoms with Crippen LogP contribution in [-0.2, 0) is 4.74 Å². The molecule has 0 radical (unpaired) electrons. The second kappa shape index (κ2) is 3.73. The largest absolute Gasteiger partial charge is 0.389 e. The minimum Gasteiger partial charge on any atom is -0.389 e. The zero-order valence-electron chi connectivity index (χ0n) is 7.92. The third-order valence-electron chi connectivity index (χ3n) is 2.89. The number of aliphatic hydroxyl groups excluding tert-OH is 1. The van der Waals surface area contributed by atoms with Gasteiger partial charge in [-0.1, -0.05) is 12.8 Å². The van der Waals surface area contributed by atoms with E-state index in [1.54, 1.807) is 7.11 Å². The van der Waals surface area contributed by atoms with E-state index in [0.717, 1.165) is 25.7 Å². The molecule has 0 saturated heterocycles. The summed E-state index contributed by atoms with van der Waals surface area (Å²) in [6.45, 7) is 1.82. The molecule has 1 fully saturated rings. The monoisotopic (exact) mass is 173 g/mol.